The third-order valence-corrected chi connectivity index (χ3v) is 7.91. The molecule has 1 aliphatic carbocycles. The second kappa shape index (κ2) is 11.4. The quantitative estimate of drug-likeness (QED) is 0.421. The van der Waals surface area contributed by atoms with E-state index in [0.29, 0.717) is 57.7 Å². The lowest BCUT2D eigenvalue weighted by atomic mass is 10.00. The Morgan fingerprint density at radius 2 is 1.82 bits per heavy atom. The van der Waals surface area contributed by atoms with E-state index in [4.69, 9.17) is 4.74 Å². The molecule has 1 aromatic heterocycles. The maximum absolute atomic E-state index is 13.1. The van der Waals surface area contributed by atoms with Gasteiger partial charge in [0.25, 0.3) is 5.91 Å². The minimum absolute atomic E-state index is 0.136. The van der Waals surface area contributed by atoms with Gasteiger partial charge in [-0.25, -0.2) is 4.98 Å². The van der Waals surface area contributed by atoms with Gasteiger partial charge < -0.3 is 30.3 Å². The van der Waals surface area contributed by atoms with Crippen LogP contribution >= 0.6 is 0 Å². The highest BCUT2D eigenvalue weighted by molar-refractivity contribution is 5.93. The molecule has 0 radical (unpaired) electrons. The second-order valence-electron chi connectivity index (χ2n) is 11.0. The zero-order valence-corrected chi connectivity index (χ0v) is 22.2. The van der Waals surface area contributed by atoms with E-state index in [9.17, 15) is 14.7 Å². The highest BCUT2D eigenvalue weighted by Gasteiger charge is 2.35. The molecule has 0 unspecified atom stereocenters. The van der Waals surface area contributed by atoms with E-state index in [1.807, 2.05) is 15.9 Å². The fourth-order valence-electron chi connectivity index (χ4n) is 5.38. The van der Waals surface area contributed by atoms with Crippen LogP contribution in [0.1, 0.15) is 34.5 Å². The van der Waals surface area contributed by atoms with Gasteiger partial charge in [-0.3, -0.25) is 14.5 Å². The van der Waals surface area contributed by atoms with Crippen LogP contribution in [0.3, 0.4) is 0 Å². The number of aromatic nitrogens is 2. The van der Waals surface area contributed by atoms with E-state index in [-0.39, 0.29) is 36.0 Å². The van der Waals surface area contributed by atoms with E-state index in [1.54, 1.807) is 6.07 Å². The van der Waals surface area contributed by atoms with E-state index in [1.165, 1.54) is 11.1 Å². The molecule has 1 atom stereocenters. The number of carbonyl (C=O) groups is 2. The lowest BCUT2D eigenvalue weighted by Crippen LogP contribution is -2.50. The number of amides is 2. The van der Waals surface area contributed by atoms with Crippen molar-refractivity contribution in [3.8, 4) is 0 Å². The molecule has 4 aliphatic rings. The highest BCUT2D eigenvalue weighted by atomic mass is 16.5. The summed E-state index contributed by atoms with van der Waals surface area (Å²) in [4.78, 5) is 41.0. The molecule has 39 heavy (non-hydrogen) atoms. The van der Waals surface area contributed by atoms with Gasteiger partial charge in [-0.1, -0.05) is 24.3 Å². The molecule has 0 bridgehead atoms. The van der Waals surface area contributed by atoms with Gasteiger partial charge in [0.2, 0.25) is 11.9 Å². The molecule has 2 amide bonds. The SMILES string of the molecule is O=C(NC[C@H](O)CN1CCc2ccccc2C1)c1cc(NC2COC2)nc(N2CCN(C(=O)C3CC3)CC2)n1. The maximum Gasteiger partial charge on any atom is 0.270 e. The number of aliphatic hydroxyl groups excluding tert-OH is 1. The number of rotatable bonds is 9. The first kappa shape index (κ1) is 26.0. The Hall–Kier alpha value is -3.28. The average Bonchev–Trinajstić information content (AvgIpc) is 3.79. The van der Waals surface area contributed by atoms with Crippen molar-refractivity contribution in [2.75, 3.05) is 69.2 Å². The highest BCUT2D eigenvalue weighted by Crippen LogP contribution is 2.31. The van der Waals surface area contributed by atoms with Crippen molar-refractivity contribution >= 4 is 23.6 Å². The topological polar surface area (TPSA) is 123 Å². The number of hydrogen-bond acceptors (Lipinski definition) is 9. The van der Waals surface area contributed by atoms with Crippen molar-refractivity contribution in [3.63, 3.8) is 0 Å². The summed E-state index contributed by atoms with van der Waals surface area (Å²) in [5, 5.41) is 16.9. The number of ether oxygens (including phenoxy) is 1. The van der Waals surface area contributed by atoms with Crippen LogP contribution in [0, 0.1) is 5.92 Å². The first-order chi connectivity index (χ1) is 19.0. The summed E-state index contributed by atoms with van der Waals surface area (Å²) < 4.78 is 5.27. The van der Waals surface area contributed by atoms with Crippen molar-refractivity contribution in [1.29, 1.82) is 0 Å². The predicted octanol–water partition coefficient (Wildman–Crippen LogP) is 0.495. The Labute approximate surface area is 228 Å². The van der Waals surface area contributed by atoms with Crippen molar-refractivity contribution in [1.82, 2.24) is 25.1 Å². The molecule has 4 heterocycles. The Kier molecular flexibility index (Phi) is 7.62. The third-order valence-electron chi connectivity index (χ3n) is 7.91. The van der Waals surface area contributed by atoms with E-state index >= 15 is 0 Å². The largest absolute Gasteiger partial charge is 0.390 e. The van der Waals surface area contributed by atoms with Crippen LogP contribution in [0.25, 0.3) is 0 Å². The molecule has 3 N–H and O–H groups in total. The summed E-state index contributed by atoms with van der Waals surface area (Å²) in [5.41, 5.74) is 2.91. The minimum Gasteiger partial charge on any atom is -0.390 e. The molecule has 3 aliphatic heterocycles. The molecule has 0 spiro atoms. The molecular formula is C28H37N7O4. The smallest absolute Gasteiger partial charge is 0.270 e. The summed E-state index contributed by atoms with van der Waals surface area (Å²) in [5.74, 6) is 1.15. The van der Waals surface area contributed by atoms with E-state index < -0.39 is 6.10 Å². The normalized spacial score (nSPS) is 20.6. The zero-order chi connectivity index (χ0) is 26.8. The fourth-order valence-corrected chi connectivity index (χ4v) is 5.38. The number of anilines is 2. The van der Waals surface area contributed by atoms with Gasteiger partial charge in [0, 0.05) is 64.3 Å². The monoisotopic (exact) mass is 535 g/mol. The summed E-state index contributed by atoms with van der Waals surface area (Å²) in [6, 6.07) is 10.2. The number of nitrogens with zero attached hydrogens (tertiary/aromatic N) is 5. The van der Waals surface area contributed by atoms with Crippen LogP contribution in [0.4, 0.5) is 11.8 Å². The molecule has 1 aromatic carbocycles. The van der Waals surface area contributed by atoms with Gasteiger partial charge in [0.15, 0.2) is 0 Å². The lowest BCUT2D eigenvalue weighted by Gasteiger charge is -2.35. The molecular weight excluding hydrogens is 498 g/mol. The summed E-state index contributed by atoms with van der Waals surface area (Å²) >= 11 is 0. The van der Waals surface area contributed by atoms with Gasteiger partial charge in [0.1, 0.15) is 11.5 Å². The van der Waals surface area contributed by atoms with Gasteiger partial charge in [0.05, 0.1) is 25.4 Å². The third kappa shape index (κ3) is 6.32. The van der Waals surface area contributed by atoms with Crippen LogP contribution in [-0.2, 0) is 22.5 Å². The maximum atomic E-state index is 13.1. The van der Waals surface area contributed by atoms with Gasteiger partial charge in [-0.15, -0.1) is 0 Å². The zero-order valence-electron chi connectivity index (χ0n) is 22.2. The first-order valence-electron chi connectivity index (χ1n) is 14.0. The molecule has 1 saturated carbocycles. The second-order valence-corrected chi connectivity index (χ2v) is 11.0. The number of benzene rings is 1. The summed E-state index contributed by atoms with van der Waals surface area (Å²) in [6.07, 6.45) is 2.27. The van der Waals surface area contributed by atoms with Crippen molar-refractivity contribution in [2.45, 2.75) is 38.0 Å². The van der Waals surface area contributed by atoms with Crippen molar-refractivity contribution in [2.24, 2.45) is 5.92 Å². The standard InChI is InChI=1S/C28H37N7O4/c36-23(16-33-8-7-19-3-1-2-4-21(19)15-33)14-29-26(37)24-13-25(30-22-17-39-18-22)32-28(31-24)35-11-9-34(10-12-35)27(38)20-5-6-20/h1-4,13,20,22-23,36H,5-12,14-18H2,(H,29,37)(H,30,31,32)/t23-/m0/s1. The number of nitrogens with one attached hydrogen (secondary N) is 2. The van der Waals surface area contributed by atoms with Crippen LogP contribution in [0.15, 0.2) is 30.3 Å². The number of β-amino-alcohol motifs (C(OH)–C–C–N with tert-alkyl or cyclic N) is 1. The molecule has 2 saturated heterocycles. The van der Waals surface area contributed by atoms with Crippen molar-refractivity contribution in [3.05, 3.63) is 47.2 Å². The lowest BCUT2D eigenvalue weighted by molar-refractivity contribution is -0.132. The number of carbonyl (C=O) groups excluding carboxylic acids is 2. The summed E-state index contributed by atoms with van der Waals surface area (Å²) in [6.45, 7) is 5.99. The fraction of sp³-hybridized carbons (Fsp3) is 0.571. The average molecular weight is 536 g/mol. The molecule has 11 nitrogen and oxygen atoms in total. The number of fused-ring (bicyclic) bond motifs is 1. The Morgan fingerprint density at radius 1 is 1.05 bits per heavy atom. The van der Waals surface area contributed by atoms with E-state index in [0.717, 1.165) is 32.4 Å². The first-order valence-corrected chi connectivity index (χ1v) is 14.0. The van der Waals surface area contributed by atoms with Crippen LogP contribution in [0.5, 0.6) is 0 Å². The Balaban J connectivity index is 1.07. The molecule has 11 heteroatoms. The Morgan fingerprint density at radius 3 is 2.54 bits per heavy atom. The van der Waals surface area contributed by atoms with Crippen LogP contribution in [-0.4, -0.2) is 108 Å². The van der Waals surface area contributed by atoms with Crippen molar-refractivity contribution < 1.29 is 19.4 Å². The summed E-state index contributed by atoms with van der Waals surface area (Å²) in [7, 11) is 0. The number of hydrogen-bond donors (Lipinski definition) is 3. The molecule has 3 fully saturated rings. The Bertz CT molecular complexity index is 1190. The van der Waals surface area contributed by atoms with Gasteiger partial charge in [-0.2, -0.15) is 4.98 Å². The van der Waals surface area contributed by atoms with E-state index in [2.05, 4.69) is 43.7 Å². The van der Waals surface area contributed by atoms with Crippen LogP contribution < -0.4 is 15.5 Å². The molecule has 2 aromatic rings. The molecule has 208 valence electrons. The predicted molar refractivity (Wildman–Crippen MR) is 146 cm³/mol. The van der Waals surface area contributed by atoms with Gasteiger partial charge in [-0.05, 0) is 30.4 Å². The molecule has 6 rings (SSSR count). The van der Waals surface area contributed by atoms with Gasteiger partial charge >= 0.3 is 0 Å². The number of aliphatic hydroxyl groups is 1. The van der Waals surface area contributed by atoms with Crippen LogP contribution in [0.2, 0.25) is 0 Å². The number of piperazine rings is 1. The minimum atomic E-state index is -0.692.